The molecule has 59 heavy (non-hydrogen) atoms. The molecule has 0 saturated carbocycles. The number of esters is 2. The van der Waals surface area contributed by atoms with Crippen LogP contribution in [0.25, 0.3) is 0 Å². The normalized spacial score (nSPS) is 13.9. The minimum absolute atomic E-state index is 0.0348. The third-order valence-electron chi connectivity index (χ3n) is 10.1. The van der Waals surface area contributed by atoms with Gasteiger partial charge in [0.15, 0.2) is 6.10 Å². The van der Waals surface area contributed by atoms with E-state index >= 15 is 0 Å². The number of hydrogen-bond acceptors (Lipinski definition) is 8. The highest BCUT2D eigenvalue weighted by Crippen LogP contribution is 2.38. The highest BCUT2D eigenvalue weighted by molar-refractivity contribution is 7.45. The lowest BCUT2D eigenvalue weighted by Crippen LogP contribution is -2.37. The van der Waals surface area contributed by atoms with Crippen molar-refractivity contribution in [1.82, 2.24) is 0 Å². The lowest BCUT2D eigenvalue weighted by Gasteiger charge is -2.28. The van der Waals surface area contributed by atoms with Crippen molar-refractivity contribution in [2.24, 2.45) is 0 Å². The Balaban J connectivity index is 4.32. The second-order valence-electron chi connectivity index (χ2n) is 17.1. The van der Waals surface area contributed by atoms with E-state index in [0.29, 0.717) is 17.4 Å². The fourth-order valence-corrected chi connectivity index (χ4v) is 7.10. The molecule has 0 spiro atoms. The number of nitrogens with zero attached hydrogens (tertiary/aromatic N) is 1. The largest absolute Gasteiger partial charge is 0.756 e. The van der Waals surface area contributed by atoms with Crippen LogP contribution in [0.5, 0.6) is 0 Å². The summed E-state index contributed by atoms with van der Waals surface area (Å²) in [6.07, 6.45) is 48.5. The summed E-state index contributed by atoms with van der Waals surface area (Å²) in [5.74, 6) is -0.849. The van der Waals surface area contributed by atoms with Crippen molar-refractivity contribution in [1.29, 1.82) is 0 Å². The molecule has 10 heteroatoms. The number of likely N-dealkylation sites (N-methyl/N-ethyl adjacent to an activating group) is 1. The molecule has 0 aromatic heterocycles. The van der Waals surface area contributed by atoms with Crippen molar-refractivity contribution in [2.45, 2.75) is 206 Å². The van der Waals surface area contributed by atoms with Gasteiger partial charge in [0.2, 0.25) is 0 Å². The highest BCUT2D eigenvalue weighted by atomic mass is 31.2. The van der Waals surface area contributed by atoms with Gasteiger partial charge in [0.1, 0.15) is 19.8 Å². The quantitative estimate of drug-likeness (QED) is 0.0196. The molecule has 0 aromatic carbocycles. The Labute approximate surface area is 363 Å². The Morgan fingerprint density at radius 3 is 1.46 bits per heavy atom. The van der Waals surface area contributed by atoms with E-state index in [2.05, 4.69) is 62.5 Å². The van der Waals surface area contributed by atoms with Crippen LogP contribution in [-0.2, 0) is 32.7 Å². The number of quaternary nitrogens is 1. The molecule has 0 aliphatic rings. The van der Waals surface area contributed by atoms with Crippen molar-refractivity contribution in [2.75, 3.05) is 47.5 Å². The van der Waals surface area contributed by atoms with Crippen LogP contribution in [0.15, 0.2) is 48.6 Å². The van der Waals surface area contributed by atoms with Crippen molar-refractivity contribution < 1.29 is 42.1 Å². The van der Waals surface area contributed by atoms with Gasteiger partial charge in [-0.25, -0.2) is 0 Å². The van der Waals surface area contributed by atoms with E-state index in [-0.39, 0.29) is 26.1 Å². The number of carbonyl (C=O) groups is 2. The van der Waals surface area contributed by atoms with Crippen LogP contribution in [0.1, 0.15) is 200 Å². The predicted molar refractivity (Wildman–Crippen MR) is 245 cm³/mol. The van der Waals surface area contributed by atoms with Crippen LogP contribution >= 0.6 is 7.82 Å². The first-order valence-corrected chi connectivity index (χ1v) is 25.3. The summed E-state index contributed by atoms with van der Waals surface area (Å²) in [7, 11) is 1.15. The van der Waals surface area contributed by atoms with Crippen LogP contribution in [0.4, 0.5) is 0 Å². The summed E-state index contributed by atoms with van der Waals surface area (Å²) in [5.41, 5.74) is 0. The summed E-state index contributed by atoms with van der Waals surface area (Å²) < 4.78 is 34.0. The SMILES string of the molecule is CC/C=C\C/C=C\C/C=C\CCCCCCCCCC(=O)OC(COC(=O)CCCCCCCCC/C=C\CCCCCCCCC)COP(=O)([O-])OCC[N+](C)(C)C. The van der Waals surface area contributed by atoms with Crippen LogP contribution in [0, 0.1) is 0 Å². The summed E-state index contributed by atoms with van der Waals surface area (Å²) in [4.78, 5) is 37.6. The molecule has 0 saturated heterocycles. The maximum Gasteiger partial charge on any atom is 0.306 e. The number of carbonyl (C=O) groups excluding carboxylic acids is 2. The Morgan fingerprint density at radius 1 is 0.542 bits per heavy atom. The Kier molecular flexibility index (Phi) is 39.9. The Hall–Kier alpha value is -2.03. The summed E-state index contributed by atoms with van der Waals surface area (Å²) in [6.45, 7) is 4.11. The second-order valence-corrected chi connectivity index (χ2v) is 18.5. The first-order chi connectivity index (χ1) is 28.5. The third kappa shape index (κ3) is 45.3. The third-order valence-corrected chi connectivity index (χ3v) is 11.0. The van der Waals surface area contributed by atoms with Gasteiger partial charge in [0.05, 0.1) is 27.7 Å². The van der Waals surface area contributed by atoms with Crippen molar-refractivity contribution in [3.8, 4) is 0 Å². The van der Waals surface area contributed by atoms with E-state index in [1.165, 1.54) is 89.9 Å². The highest BCUT2D eigenvalue weighted by Gasteiger charge is 2.21. The molecule has 0 N–H and O–H groups in total. The average molecular weight is 852 g/mol. The van der Waals surface area contributed by atoms with Gasteiger partial charge in [-0.15, -0.1) is 0 Å². The molecule has 0 radical (unpaired) electrons. The Bertz CT molecular complexity index is 1150. The molecule has 9 nitrogen and oxygen atoms in total. The summed E-state index contributed by atoms with van der Waals surface area (Å²) >= 11 is 0. The topological polar surface area (TPSA) is 111 Å². The number of phosphoric acid groups is 1. The molecular weight excluding hydrogens is 762 g/mol. The molecular formula is C49H90NO8P. The number of rotatable bonds is 43. The van der Waals surface area contributed by atoms with Gasteiger partial charge in [-0.3, -0.25) is 14.2 Å². The molecule has 2 atom stereocenters. The maximum absolute atomic E-state index is 12.7. The summed E-state index contributed by atoms with van der Waals surface area (Å²) in [5, 5.41) is 0. The fraction of sp³-hybridized carbons (Fsp3) is 0.796. The van der Waals surface area contributed by atoms with Gasteiger partial charge in [0, 0.05) is 12.8 Å². The van der Waals surface area contributed by atoms with Gasteiger partial charge in [-0.1, -0.05) is 165 Å². The number of phosphoric ester groups is 1. The molecule has 0 amide bonds. The second kappa shape index (κ2) is 41.3. The molecule has 344 valence electrons. The number of allylic oxidation sites excluding steroid dienone is 8. The number of hydrogen-bond donors (Lipinski definition) is 0. The van der Waals surface area contributed by atoms with Crippen LogP contribution in [0.2, 0.25) is 0 Å². The zero-order valence-corrected chi connectivity index (χ0v) is 39.6. The van der Waals surface area contributed by atoms with E-state index in [4.69, 9.17) is 18.5 Å². The lowest BCUT2D eigenvalue weighted by molar-refractivity contribution is -0.870. The molecule has 0 aliphatic carbocycles. The summed E-state index contributed by atoms with van der Waals surface area (Å²) in [6, 6.07) is 0. The van der Waals surface area contributed by atoms with Crippen molar-refractivity contribution >= 4 is 19.8 Å². The van der Waals surface area contributed by atoms with Crippen molar-refractivity contribution in [3.05, 3.63) is 48.6 Å². The molecule has 0 heterocycles. The minimum atomic E-state index is -4.63. The van der Waals surface area contributed by atoms with E-state index in [0.717, 1.165) is 77.0 Å². The van der Waals surface area contributed by atoms with Gasteiger partial charge in [-0.2, -0.15) is 0 Å². The molecule has 0 fully saturated rings. The molecule has 0 bridgehead atoms. The van der Waals surface area contributed by atoms with Crippen LogP contribution < -0.4 is 4.89 Å². The molecule has 0 aliphatic heterocycles. The Morgan fingerprint density at radius 2 is 0.966 bits per heavy atom. The van der Waals surface area contributed by atoms with E-state index < -0.39 is 32.5 Å². The first-order valence-electron chi connectivity index (χ1n) is 23.8. The van der Waals surface area contributed by atoms with Gasteiger partial charge >= 0.3 is 11.9 Å². The van der Waals surface area contributed by atoms with E-state index in [9.17, 15) is 19.0 Å². The predicted octanol–water partition coefficient (Wildman–Crippen LogP) is 13.2. The zero-order valence-electron chi connectivity index (χ0n) is 38.7. The minimum Gasteiger partial charge on any atom is -0.756 e. The fourth-order valence-electron chi connectivity index (χ4n) is 6.37. The van der Waals surface area contributed by atoms with Gasteiger partial charge in [0.25, 0.3) is 7.82 Å². The van der Waals surface area contributed by atoms with Crippen LogP contribution in [-0.4, -0.2) is 70.0 Å². The number of unbranched alkanes of at least 4 members (excludes halogenated alkanes) is 21. The smallest absolute Gasteiger partial charge is 0.306 e. The molecule has 0 rings (SSSR count). The van der Waals surface area contributed by atoms with E-state index in [1.807, 2.05) is 21.1 Å². The molecule has 0 aromatic rings. The average Bonchev–Trinajstić information content (AvgIpc) is 3.19. The first kappa shape index (κ1) is 57.0. The van der Waals surface area contributed by atoms with Gasteiger partial charge in [-0.05, 0) is 70.6 Å². The van der Waals surface area contributed by atoms with Crippen molar-refractivity contribution in [3.63, 3.8) is 0 Å². The standard InChI is InChI=1S/C49H90NO8P/c1-6-8-10-12-14-16-18-20-22-24-26-27-29-31-33-35-37-39-41-48(51)55-45-47(46-57-59(53,54)56-44-43-50(3,4)5)58-49(52)42-40-38-36-34-32-30-28-25-23-21-19-17-15-13-11-9-7-2/h9,11,15,17,21-24,47H,6-8,10,12-14,16,18-20,25-46H2,1-5H3/b11-9-,17-15-,23-21-,24-22-. The molecule has 2 unspecified atom stereocenters. The maximum atomic E-state index is 12.7. The lowest BCUT2D eigenvalue weighted by atomic mass is 10.1. The van der Waals surface area contributed by atoms with E-state index in [1.54, 1.807) is 0 Å². The number of ether oxygens (including phenoxy) is 2. The van der Waals surface area contributed by atoms with Crippen LogP contribution in [0.3, 0.4) is 0 Å². The van der Waals surface area contributed by atoms with Gasteiger partial charge < -0.3 is 27.9 Å². The zero-order chi connectivity index (χ0) is 43.6. The monoisotopic (exact) mass is 852 g/mol.